The topological polar surface area (TPSA) is 35.8 Å². The minimum absolute atomic E-state index is 0.174. The molecule has 2 fully saturated rings. The van der Waals surface area contributed by atoms with Crippen LogP contribution in [0.3, 0.4) is 0 Å². The summed E-state index contributed by atoms with van der Waals surface area (Å²) in [5.41, 5.74) is -0.174. The van der Waals surface area contributed by atoms with Gasteiger partial charge in [0.05, 0.1) is 6.07 Å². The summed E-state index contributed by atoms with van der Waals surface area (Å²) in [6, 6.07) is 3.19. The Labute approximate surface area is 93.0 Å². The Hall–Kier alpha value is -0.550. The van der Waals surface area contributed by atoms with E-state index in [0.29, 0.717) is 6.04 Å². The Morgan fingerprint density at radius 2 is 1.80 bits per heavy atom. The van der Waals surface area contributed by atoms with Crippen molar-refractivity contribution in [1.82, 2.24) is 5.32 Å². The zero-order valence-corrected chi connectivity index (χ0v) is 9.92. The quantitative estimate of drug-likeness (QED) is 0.770. The maximum absolute atomic E-state index is 9.33. The van der Waals surface area contributed by atoms with Crippen LogP contribution in [0.2, 0.25) is 0 Å². The molecule has 2 aliphatic carbocycles. The fourth-order valence-corrected chi connectivity index (χ4v) is 2.71. The molecule has 15 heavy (non-hydrogen) atoms. The molecule has 0 aliphatic heterocycles. The maximum atomic E-state index is 9.33. The van der Waals surface area contributed by atoms with Gasteiger partial charge in [0.1, 0.15) is 5.54 Å². The van der Waals surface area contributed by atoms with Crippen molar-refractivity contribution < 1.29 is 0 Å². The molecule has 0 aromatic heterocycles. The van der Waals surface area contributed by atoms with Gasteiger partial charge in [0.25, 0.3) is 0 Å². The van der Waals surface area contributed by atoms with Gasteiger partial charge >= 0.3 is 0 Å². The lowest BCUT2D eigenvalue weighted by Crippen LogP contribution is -2.48. The molecule has 2 aliphatic rings. The molecule has 0 atom stereocenters. The third-order valence-corrected chi connectivity index (χ3v) is 4.10. The minimum atomic E-state index is -0.174. The van der Waals surface area contributed by atoms with Gasteiger partial charge in [-0.15, -0.1) is 0 Å². The molecule has 0 saturated heterocycles. The van der Waals surface area contributed by atoms with Gasteiger partial charge in [-0.05, 0) is 50.4 Å². The molecule has 0 unspecified atom stereocenters. The molecular weight excluding hydrogens is 184 g/mol. The Bertz CT molecular complexity index is 252. The number of nitriles is 1. The smallest absolute Gasteiger partial charge is 0.107 e. The SMILES string of the molecule is CC(C)C1CCC(C#N)(NC2CC2)CC1. The second kappa shape index (κ2) is 4.14. The van der Waals surface area contributed by atoms with Crippen LogP contribution < -0.4 is 5.32 Å². The van der Waals surface area contributed by atoms with Crippen LogP contribution >= 0.6 is 0 Å². The van der Waals surface area contributed by atoms with Crippen LogP contribution in [0.1, 0.15) is 52.4 Å². The van der Waals surface area contributed by atoms with Gasteiger partial charge in [0, 0.05) is 6.04 Å². The first kappa shape index (κ1) is 11.0. The van der Waals surface area contributed by atoms with Crippen LogP contribution in [0.25, 0.3) is 0 Å². The number of hydrogen-bond acceptors (Lipinski definition) is 2. The van der Waals surface area contributed by atoms with Gasteiger partial charge in [0.15, 0.2) is 0 Å². The van der Waals surface area contributed by atoms with Crippen molar-refractivity contribution in [3.05, 3.63) is 0 Å². The van der Waals surface area contributed by atoms with Crippen LogP contribution in [0.5, 0.6) is 0 Å². The van der Waals surface area contributed by atoms with E-state index in [2.05, 4.69) is 25.2 Å². The predicted molar refractivity (Wildman–Crippen MR) is 61.3 cm³/mol. The minimum Gasteiger partial charge on any atom is -0.297 e. The molecule has 2 heteroatoms. The molecule has 0 heterocycles. The van der Waals surface area contributed by atoms with Crippen molar-refractivity contribution in [2.24, 2.45) is 11.8 Å². The van der Waals surface area contributed by atoms with Crippen molar-refractivity contribution in [1.29, 1.82) is 5.26 Å². The molecule has 0 aromatic rings. The molecule has 0 aromatic carbocycles. The standard InChI is InChI=1S/C13H22N2/c1-10(2)11-5-7-13(9-14,8-6-11)15-12-3-4-12/h10-12,15H,3-8H2,1-2H3. The van der Waals surface area contributed by atoms with Crippen LogP contribution in [0.4, 0.5) is 0 Å². The zero-order chi connectivity index (χ0) is 10.9. The van der Waals surface area contributed by atoms with E-state index in [1.165, 1.54) is 25.7 Å². The van der Waals surface area contributed by atoms with E-state index >= 15 is 0 Å². The number of hydrogen-bond donors (Lipinski definition) is 1. The molecule has 2 nitrogen and oxygen atoms in total. The van der Waals surface area contributed by atoms with E-state index in [0.717, 1.165) is 24.7 Å². The van der Waals surface area contributed by atoms with E-state index in [1.807, 2.05) is 0 Å². The average Bonchev–Trinajstić information content (AvgIpc) is 3.02. The summed E-state index contributed by atoms with van der Waals surface area (Å²) in [6.07, 6.45) is 7.12. The van der Waals surface area contributed by atoms with Crippen LogP contribution in [-0.4, -0.2) is 11.6 Å². The lowest BCUT2D eigenvalue weighted by Gasteiger charge is -2.37. The van der Waals surface area contributed by atoms with E-state index in [9.17, 15) is 5.26 Å². The number of nitrogens with zero attached hydrogens (tertiary/aromatic N) is 1. The van der Waals surface area contributed by atoms with Gasteiger partial charge in [-0.3, -0.25) is 5.32 Å². The fraction of sp³-hybridized carbons (Fsp3) is 0.923. The van der Waals surface area contributed by atoms with Gasteiger partial charge in [0.2, 0.25) is 0 Å². The first-order valence-electron chi connectivity index (χ1n) is 6.34. The Morgan fingerprint density at radius 1 is 1.20 bits per heavy atom. The Morgan fingerprint density at radius 3 is 2.20 bits per heavy atom. The first-order chi connectivity index (χ1) is 7.15. The van der Waals surface area contributed by atoms with Crippen molar-refractivity contribution in [2.75, 3.05) is 0 Å². The highest BCUT2D eigenvalue weighted by atomic mass is 15.0. The first-order valence-corrected chi connectivity index (χ1v) is 6.34. The second-order valence-corrected chi connectivity index (χ2v) is 5.69. The summed E-state index contributed by atoms with van der Waals surface area (Å²) in [4.78, 5) is 0. The third kappa shape index (κ3) is 2.52. The molecule has 0 bridgehead atoms. The van der Waals surface area contributed by atoms with Gasteiger partial charge in [-0.2, -0.15) is 5.26 Å². The largest absolute Gasteiger partial charge is 0.297 e. The van der Waals surface area contributed by atoms with Crippen molar-refractivity contribution in [3.8, 4) is 6.07 Å². The van der Waals surface area contributed by atoms with Crippen LogP contribution in [0, 0.1) is 23.2 Å². The molecule has 84 valence electrons. The van der Waals surface area contributed by atoms with Crippen LogP contribution in [0.15, 0.2) is 0 Å². The van der Waals surface area contributed by atoms with E-state index in [1.54, 1.807) is 0 Å². The molecule has 0 amide bonds. The summed E-state index contributed by atoms with van der Waals surface area (Å²) in [6.45, 7) is 4.61. The summed E-state index contributed by atoms with van der Waals surface area (Å²) < 4.78 is 0. The van der Waals surface area contributed by atoms with E-state index < -0.39 is 0 Å². The normalized spacial score (nSPS) is 36.5. The lowest BCUT2D eigenvalue weighted by molar-refractivity contribution is 0.199. The molecule has 2 rings (SSSR count). The van der Waals surface area contributed by atoms with E-state index in [-0.39, 0.29) is 5.54 Å². The summed E-state index contributed by atoms with van der Waals surface area (Å²) >= 11 is 0. The zero-order valence-electron chi connectivity index (χ0n) is 9.92. The van der Waals surface area contributed by atoms with Gasteiger partial charge in [-0.1, -0.05) is 13.8 Å². The second-order valence-electron chi connectivity index (χ2n) is 5.69. The van der Waals surface area contributed by atoms with Gasteiger partial charge in [-0.25, -0.2) is 0 Å². The highest BCUT2D eigenvalue weighted by Crippen LogP contribution is 2.37. The highest BCUT2D eigenvalue weighted by Gasteiger charge is 2.39. The average molecular weight is 206 g/mol. The van der Waals surface area contributed by atoms with E-state index in [4.69, 9.17) is 0 Å². The monoisotopic (exact) mass is 206 g/mol. The summed E-state index contributed by atoms with van der Waals surface area (Å²) in [5, 5.41) is 12.9. The molecule has 0 radical (unpaired) electrons. The Kier molecular flexibility index (Phi) is 3.02. The highest BCUT2D eigenvalue weighted by molar-refractivity contribution is 5.11. The molecule has 0 spiro atoms. The lowest BCUT2D eigenvalue weighted by atomic mass is 9.73. The van der Waals surface area contributed by atoms with Crippen molar-refractivity contribution in [2.45, 2.75) is 64.0 Å². The van der Waals surface area contributed by atoms with Crippen LogP contribution in [-0.2, 0) is 0 Å². The predicted octanol–water partition coefficient (Wildman–Crippen LogP) is 2.85. The summed E-state index contributed by atoms with van der Waals surface area (Å²) in [5.74, 6) is 1.62. The molecule has 1 N–H and O–H groups in total. The van der Waals surface area contributed by atoms with Crippen molar-refractivity contribution >= 4 is 0 Å². The number of nitrogens with one attached hydrogen (secondary N) is 1. The molecular formula is C13H22N2. The maximum Gasteiger partial charge on any atom is 0.107 e. The Balaban J connectivity index is 1.90. The third-order valence-electron chi connectivity index (χ3n) is 4.10. The van der Waals surface area contributed by atoms with Gasteiger partial charge < -0.3 is 0 Å². The fourth-order valence-electron chi connectivity index (χ4n) is 2.71. The summed E-state index contributed by atoms with van der Waals surface area (Å²) in [7, 11) is 0. The molecule has 2 saturated carbocycles. The number of rotatable bonds is 3. The van der Waals surface area contributed by atoms with Crippen molar-refractivity contribution in [3.63, 3.8) is 0 Å².